The zero-order valence-electron chi connectivity index (χ0n) is 15.2. The highest BCUT2D eigenvalue weighted by atomic mass is 16.5. The Bertz CT molecular complexity index is 759. The van der Waals surface area contributed by atoms with Crippen LogP contribution in [0.5, 0.6) is 0 Å². The van der Waals surface area contributed by atoms with Crippen molar-refractivity contribution in [1.29, 1.82) is 0 Å². The molecule has 2 amide bonds. The van der Waals surface area contributed by atoms with E-state index >= 15 is 0 Å². The first-order valence-corrected chi connectivity index (χ1v) is 9.08. The van der Waals surface area contributed by atoms with Gasteiger partial charge in [0.2, 0.25) is 11.8 Å². The van der Waals surface area contributed by atoms with Crippen LogP contribution in [0.1, 0.15) is 42.6 Å². The van der Waals surface area contributed by atoms with Gasteiger partial charge in [0.1, 0.15) is 5.76 Å². The number of hydrogen-bond acceptors (Lipinski definition) is 4. The highest BCUT2D eigenvalue weighted by Crippen LogP contribution is 2.30. The molecule has 26 heavy (non-hydrogen) atoms. The van der Waals surface area contributed by atoms with Crippen LogP contribution in [0.15, 0.2) is 34.9 Å². The van der Waals surface area contributed by atoms with Gasteiger partial charge < -0.3 is 15.2 Å². The summed E-state index contributed by atoms with van der Waals surface area (Å²) in [7, 11) is 0. The fourth-order valence-electron chi connectivity index (χ4n) is 3.31. The lowest BCUT2D eigenvalue weighted by molar-refractivity contribution is -0.128. The number of benzene rings is 1. The first-order valence-electron chi connectivity index (χ1n) is 9.08. The summed E-state index contributed by atoms with van der Waals surface area (Å²) < 4.78 is 4.95. The van der Waals surface area contributed by atoms with Crippen molar-refractivity contribution >= 4 is 17.6 Å². The monoisotopic (exact) mass is 355 g/mol. The molecule has 1 aromatic heterocycles. The first-order chi connectivity index (χ1) is 12.5. The number of carbonyl (C=O) groups is 2. The van der Waals surface area contributed by atoms with Crippen LogP contribution in [0.3, 0.4) is 0 Å². The van der Waals surface area contributed by atoms with Gasteiger partial charge in [-0.05, 0) is 45.1 Å². The largest absolute Gasteiger partial charge is 0.360 e. The fourth-order valence-corrected chi connectivity index (χ4v) is 3.31. The van der Waals surface area contributed by atoms with Gasteiger partial charge in [0.15, 0.2) is 5.82 Å². The normalized spacial score (nSPS) is 19.8. The lowest BCUT2D eigenvalue weighted by Gasteiger charge is -2.26. The summed E-state index contributed by atoms with van der Waals surface area (Å²) >= 11 is 0. The molecule has 2 aromatic rings. The molecule has 0 radical (unpaired) electrons. The molecular formula is C20H25N3O3. The van der Waals surface area contributed by atoms with E-state index in [0.717, 1.165) is 18.4 Å². The molecule has 0 bridgehead atoms. The van der Waals surface area contributed by atoms with Crippen LogP contribution < -0.4 is 10.6 Å². The molecule has 1 fully saturated rings. The third kappa shape index (κ3) is 4.71. The summed E-state index contributed by atoms with van der Waals surface area (Å²) in [4.78, 5) is 24.7. The SMILES string of the molecule is Cc1ccc(CNC(=O)C2CCC(C(=O)Nc3cc(C)on3)CC2)cc1. The second-order valence-electron chi connectivity index (χ2n) is 7.06. The molecule has 6 heteroatoms. The Labute approximate surface area is 153 Å². The van der Waals surface area contributed by atoms with Crippen LogP contribution >= 0.6 is 0 Å². The lowest BCUT2D eigenvalue weighted by Crippen LogP contribution is -2.35. The Balaban J connectivity index is 1.43. The van der Waals surface area contributed by atoms with Crippen molar-refractivity contribution in [3.05, 3.63) is 47.2 Å². The van der Waals surface area contributed by atoms with E-state index in [4.69, 9.17) is 4.52 Å². The van der Waals surface area contributed by atoms with Gasteiger partial charge in [-0.1, -0.05) is 35.0 Å². The van der Waals surface area contributed by atoms with Crippen molar-refractivity contribution in [3.8, 4) is 0 Å². The lowest BCUT2D eigenvalue weighted by atomic mass is 9.81. The van der Waals surface area contributed by atoms with Gasteiger partial charge >= 0.3 is 0 Å². The smallest absolute Gasteiger partial charge is 0.228 e. The minimum atomic E-state index is -0.0758. The number of amides is 2. The quantitative estimate of drug-likeness (QED) is 0.861. The number of nitrogens with zero attached hydrogens (tertiary/aromatic N) is 1. The molecule has 0 unspecified atom stereocenters. The van der Waals surface area contributed by atoms with E-state index < -0.39 is 0 Å². The van der Waals surface area contributed by atoms with Gasteiger partial charge in [0.05, 0.1) is 0 Å². The van der Waals surface area contributed by atoms with E-state index in [1.54, 1.807) is 13.0 Å². The minimum Gasteiger partial charge on any atom is -0.360 e. The molecule has 1 aliphatic rings. The van der Waals surface area contributed by atoms with E-state index in [9.17, 15) is 9.59 Å². The van der Waals surface area contributed by atoms with Crippen molar-refractivity contribution in [1.82, 2.24) is 10.5 Å². The van der Waals surface area contributed by atoms with Gasteiger partial charge in [0.25, 0.3) is 0 Å². The van der Waals surface area contributed by atoms with Gasteiger partial charge in [-0.15, -0.1) is 0 Å². The number of rotatable bonds is 5. The Kier molecular flexibility index (Phi) is 5.71. The van der Waals surface area contributed by atoms with Crippen molar-refractivity contribution in [2.75, 3.05) is 5.32 Å². The summed E-state index contributed by atoms with van der Waals surface area (Å²) in [5.74, 6) is 1.06. The zero-order chi connectivity index (χ0) is 18.5. The van der Waals surface area contributed by atoms with E-state index in [0.29, 0.717) is 31.0 Å². The van der Waals surface area contributed by atoms with E-state index in [2.05, 4.69) is 15.8 Å². The fraction of sp³-hybridized carbons (Fsp3) is 0.450. The number of anilines is 1. The first kappa shape index (κ1) is 18.2. The Morgan fingerprint density at radius 3 is 2.23 bits per heavy atom. The summed E-state index contributed by atoms with van der Waals surface area (Å²) in [6.07, 6.45) is 2.89. The molecule has 0 atom stereocenters. The second-order valence-corrected chi connectivity index (χ2v) is 7.06. The number of carbonyl (C=O) groups excluding carboxylic acids is 2. The van der Waals surface area contributed by atoms with E-state index in [1.165, 1.54) is 5.56 Å². The van der Waals surface area contributed by atoms with Crippen LogP contribution in [-0.4, -0.2) is 17.0 Å². The zero-order valence-corrected chi connectivity index (χ0v) is 15.2. The Morgan fingerprint density at radius 1 is 1.04 bits per heavy atom. The summed E-state index contributed by atoms with van der Waals surface area (Å²) in [6.45, 7) is 4.37. The average Bonchev–Trinajstić information content (AvgIpc) is 3.06. The van der Waals surface area contributed by atoms with Crippen molar-refractivity contribution in [2.24, 2.45) is 11.8 Å². The molecule has 1 aromatic carbocycles. The molecular weight excluding hydrogens is 330 g/mol. The maximum absolute atomic E-state index is 12.4. The molecule has 138 valence electrons. The van der Waals surface area contributed by atoms with Crippen LogP contribution in [0.4, 0.5) is 5.82 Å². The van der Waals surface area contributed by atoms with Crippen molar-refractivity contribution < 1.29 is 14.1 Å². The standard InChI is InChI=1S/C20H25N3O3/c1-13-3-5-15(6-4-13)12-21-19(24)16-7-9-17(10-8-16)20(25)22-18-11-14(2)26-23-18/h3-6,11,16-17H,7-10,12H2,1-2H3,(H,21,24)(H,22,23,25). The average molecular weight is 355 g/mol. The highest BCUT2D eigenvalue weighted by Gasteiger charge is 2.30. The number of hydrogen-bond donors (Lipinski definition) is 2. The second kappa shape index (κ2) is 8.17. The molecule has 2 N–H and O–H groups in total. The van der Waals surface area contributed by atoms with Crippen LogP contribution in [-0.2, 0) is 16.1 Å². The van der Waals surface area contributed by atoms with Crippen molar-refractivity contribution in [2.45, 2.75) is 46.1 Å². The summed E-state index contributed by atoms with van der Waals surface area (Å²) in [5.41, 5.74) is 2.30. The predicted octanol–water partition coefficient (Wildman–Crippen LogP) is 3.35. The minimum absolute atomic E-state index is 0.0150. The molecule has 6 nitrogen and oxygen atoms in total. The Morgan fingerprint density at radius 2 is 1.65 bits per heavy atom. The Hall–Kier alpha value is -2.63. The number of aromatic nitrogens is 1. The molecule has 0 saturated heterocycles. The van der Waals surface area contributed by atoms with Crippen molar-refractivity contribution in [3.63, 3.8) is 0 Å². The molecule has 0 aliphatic heterocycles. The van der Waals surface area contributed by atoms with Gasteiger partial charge in [-0.2, -0.15) is 0 Å². The van der Waals surface area contributed by atoms with Crippen LogP contribution in [0.25, 0.3) is 0 Å². The summed E-state index contributed by atoms with van der Waals surface area (Å²) in [5, 5.41) is 9.58. The molecule has 3 rings (SSSR count). The summed E-state index contributed by atoms with van der Waals surface area (Å²) in [6, 6.07) is 9.84. The maximum atomic E-state index is 12.4. The van der Waals surface area contributed by atoms with Gasteiger partial charge in [0, 0.05) is 24.4 Å². The maximum Gasteiger partial charge on any atom is 0.228 e. The molecule has 1 saturated carbocycles. The van der Waals surface area contributed by atoms with Crippen LogP contribution in [0.2, 0.25) is 0 Å². The van der Waals surface area contributed by atoms with Crippen LogP contribution in [0, 0.1) is 25.7 Å². The number of nitrogens with one attached hydrogen (secondary N) is 2. The number of aryl methyl sites for hydroxylation is 2. The molecule has 0 spiro atoms. The molecule has 1 aliphatic carbocycles. The topological polar surface area (TPSA) is 84.2 Å². The highest BCUT2D eigenvalue weighted by molar-refractivity contribution is 5.91. The van der Waals surface area contributed by atoms with E-state index in [-0.39, 0.29) is 23.7 Å². The third-order valence-corrected chi connectivity index (χ3v) is 4.94. The van der Waals surface area contributed by atoms with Gasteiger partial charge in [-0.25, -0.2) is 0 Å². The van der Waals surface area contributed by atoms with Gasteiger partial charge in [-0.3, -0.25) is 9.59 Å². The third-order valence-electron chi connectivity index (χ3n) is 4.94. The van der Waals surface area contributed by atoms with E-state index in [1.807, 2.05) is 31.2 Å². The molecule has 1 heterocycles. The predicted molar refractivity (Wildman–Crippen MR) is 98.3 cm³/mol.